The highest BCUT2D eigenvalue weighted by atomic mass is 16.5. The van der Waals surface area contributed by atoms with Crippen molar-refractivity contribution in [3.05, 3.63) is 0 Å². The van der Waals surface area contributed by atoms with Crippen LogP contribution in [0.5, 0.6) is 0 Å². The van der Waals surface area contributed by atoms with E-state index in [-0.39, 0.29) is 11.8 Å². The lowest BCUT2D eigenvalue weighted by molar-refractivity contribution is -0.152. The average molecular weight is 268 g/mol. The molecular formula is C16H28O3. The summed E-state index contributed by atoms with van der Waals surface area (Å²) in [6.07, 6.45) is 11.7. The second-order valence-corrected chi connectivity index (χ2v) is 5.49. The van der Waals surface area contributed by atoms with E-state index in [0.717, 1.165) is 25.7 Å². The summed E-state index contributed by atoms with van der Waals surface area (Å²) in [7, 11) is 0. The third kappa shape index (κ3) is 6.74. The molecule has 0 heterocycles. The van der Waals surface area contributed by atoms with E-state index in [9.17, 15) is 9.59 Å². The molecule has 1 atom stereocenters. The molecule has 1 fully saturated rings. The topological polar surface area (TPSA) is 43.4 Å². The minimum absolute atomic E-state index is 0.0951. The van der Waals surface area contributed by atoms with Crippen LogP contribution in [0.4, 0.5) is 0 Å². The summed E-state index contributed by atoms with van der Waals surface area (Å²) in [5.41, 5.74) is 0. The van der Waals surface area contributed by atoms with Gasteiger partial charge in [0.2, 0.25) is 0 Å². The highest BCUT2D eigenvalue weighted by Crippen LogP contribution is 2.19. The molecule has 0 amide bonds. The molecule has 0 aromatic heterocycles. The summed E-state index contributed by atoms with van der Waals surface area (Å²) in [6, 6.07) is 0. The average Bonchev–Trinajstić information content (AvgIpc) is 2.41. The smallest absolute Gasteiger partial charge is 0.316 e. The van der Waals surface area contributed by atoms with Crippen LogP contribution < -0.4 is 0 Å². The molecular weight excluding hydrogens is 240 g/mol. The molecule has 1 rings (SSSR count). The number of esters is 1. The third-order valence-electron chi connectivity index (χ3n) is 3.88. The van der Waals surface area contributed by atoms with Gasteiger partial charge in [-0.1, -0.05) is 51.4 Å². The second kappa shape index (κ2) is 9.99. The SMILES string of the molecule is CCOC(=O)[C@@H]1CCCCCCCCCCCC1=O. The molecule has 1 saturated carbocycles. The van der Waals surface area contributed by atoms with Gasteiger partial charge < -0.3 is 4.74 Å². The van der Waals surface area contributed by atoms with Crippen LogP contribution in [-0.2, 0) is 14.3 Å². The van der Waals surface area contributed by atoms with E-state index >= 15 is 0 Å². The number of ketones is 1. The van der Waals surface area contributed by atoms with Crippen molar-refractivity contribution >= 4 is 11.8 Å². The zero-order chi connectivity index (χ0) is 13.9. The first-order valence-electron chi connectivity index (χ1n) is 7.95. The first-order chi connectivity index (χ1) is 9.25. The fourth-order valence-electron chi connectivity index (χ4n) is 2.71. The van der Waals surface area contributed by atoms with E-state index in [1.165, 1.54) is 32.1 Å². The van der Waals surface area contributed by atoms with Crippen LogP contribution in [-0.4, -0.2) is 18.4 Å². The van der Waals surface area contributed by atoms with Crippen LogP contribution in [0.2, 0.25) is 0 Å². The number of ether oxygens (including phenoxy) is 1. The Morgan fingerprint density at radius 1 is 1.00 bits per heavy atom. The van der Waals surface area contributed by atoms with Crippen LogP contribution in [0.3, 0.4) is 0 Å². The molecule has 1 aliphatic rings. The molecule has 110 valence electrons. The molecule has 0 aliphatic heterocycles. The van der Waals surface area contributed by atoms with Gasteiger partial charge in [-0.3, -0.25) is 9.59 Å². The number of rotatable bonds is 2. The van der Waals surface area contributed by atoms with Gasteiger partial charge in [0, 0.05) is 6.42 Å². The van der Waals surface area contributed by atoms with Crippen molar-refractivity contribution < 1.29 is 14.3 Å². The van der Waals surface area contributed by atoms with Crippen molar-refractivity contribution in [1.29, 1.82) is 0 Å². The van der Waals surface area contributed by atoms with Gasteiger partial charge in [-0.15, -0.1) is 0 Å². The van der Waals surface area contributed by atoms with E-state index in [4.69, 9.17) is 4.74 Å². The van der Waals surface area contributed by atoms with Crippen LogP contribution in [0.1, 0.15) is 77.6 Å². The normalized spacial score (nSPS) is 23.8. The maximum absolute atomic E-state index is 12.1. The maximum Gasteiger partial charge on any atom is 0.316 e. The summed E-state index contributed by atoms with van der Waals surface area (Å²) in [5, 5.41) is 0. The van der Waals surface area contributed by atoms with E-state index < -0.39 is 5.92 Å². The van der Waals surface area contributed by atoms with Crippen molar-refractivity contribution in [2.24, 2.45) is 5.92 Å². The number of carbonyl (C=O) groups excluding carboxylic acids is 2. The first kappa shape index (κ1) is 16.2. The van der Waals surface area contributed by atoms with Crippen LogP contribution >= 0.6 is 0 Å². The molecule has 1 aliphatic carbocycles. The summed E-state index contributed by atoms with van der Waals surface area (Å²) in [6.45, 7) is 2.16. The summed E-state index contributed by atoms with van der Waals surface area (Å²) >= 11 is 0. The van der Waals surface area contributed by atoms with Crippen LogP contribution in [0.15, 0.2) is 0 Å². The van der Waals surface area contributed by atoms with Gasteiger partial charge in [-0.25, -0.2) is 0 Å². The number of Topliss-reactive ketones (excluding diaryl/α,β-unsaturated/α-hetero) is 1. The molecule has 19 heavy (non-hydrogen) atoms. The van der Waals surface area contributed by atoms with Crippen LogP contribution in [0.25, 0.3) is 0 Å². The maximum atomic E-state index is 12.1. The van der Waals surface area contributed by atoms with E-state index in [1.54, 1.807) is 6.92 Å². The van der Waals surface area contributed by atoms with Gasteiger partial charge in [0.15, 0.2) is 0 Å². The third-order valence-corrected chi connectivity index (χ3v) is 3.88. The fourth-order valence-corrected chi connectivity index (χ4v) is 2.71. The molecule has 3 nitrogen and oxygen atoms in total. The molecule has 0 aromatic carbocycles. The minimum atomic E-state index is -0.499. The van der Waals surface area contributed by atoms with Crippen molar-refractivity contribution in [3.8, 4) is 0 Å². The van der Waals surface area contributed by atoms with Gasteiger partial charge in [0.05, 0.1) is 6.61 Å². The summed E-state index contributed by atoms with van der Waals surface area (Å²) < 4.78 is 5.04. The van der Waals surface area contributed by atoms with E-state index in [0.29, 0.717) is 19.4 Å². The Morgan fingerprint density at radius 2 is 1.53 bits per heavy atom. The molecule has 0 unspecified atom stereocenters. The molecule has 0 N–H and O–H groups in total. The summed E-state index contributed by atoms with van der Waals surface area (Å²) in [5.74, 6) is -0.708. The Hall–Kier alpha value is -0.860. The molecule has 0 bridgehead atoms. The Labute approximate surface area is 117 Å². The molecule has 0 aromatic rings. The lowest BCUT2D eigenvalue weighted by Crippen LogP contribution is -2.26. The van der Waals surface area contributed by atoms with Gasteiger partial charge in [0.25, 0.3) is 0 Å². The van der Waals surface area contributed by atoms with Crippen molar-refractivity contribution in [2.75, 3.05) is 6.61 Å². The van der Waals surface area contributed by atoms with Gasteiger partial charge in [-0.2, -0.15) is 0 Å². The van der Waals surface area contributed by atoms with E-state index in [1.807, 2.05) is 0 Å². The molecule has 0 saturated heterocycles. The van der Waals surface area contributed by atoms with Crippen molar-refractivity contribution in [1.82, 2.24) is 0 Å². The highest BCUT2D eigenvalue weighted by molar-refractivity contribution is 5.98. The molecule has 3 heteroatoms. The molecule has 0 radical (unpaired) electrons. The minimum Gasteiger partial charge on any atom is -0.465 e. The van der Waals surface area contributed by atoms with Gasteiger partial charge in [-0.05, 0) is 19.8 Å². The Balaban J connectivity index is 2.52. The lowest BCUT2D eigenvalue weighted by atomic mass is 9.93. The van der Waals surface area contributed by atoms with Gasteiger partial charge in [0.1, 0.15) is 11.7 Å². The summed E-state index contributed by atoms with van der Waals surface area (Å²) in [4.78, 5) is 24.0. The predicted molar refractivity (Wildman–Crippen MR) is 75.9 cm³/mol. The van der Waals surface area contributed by atoms with Crippen molar-refractivity contribution in [2.45, 2.75) is 77.6 Å². The van der Waals surface area contributed by atoms with E-state index in [2.05, 4.69) is 0 Å². The van der Waals surface area contributed by atoms with Crippen molar-refractivity contribution in [3.63, 3.8) is 0 Å². The monoisotopic (exact) mass is 268 g/mol. The van der Waals surface area contributed by atoms with Crippen LogP contribution in [0, 0.1) is 5.92 Å². The second-order valence-electron chi connectivity index (χ2n) is 5.49. The standard InChI is InChI=1S/C16H28O3/c1-2-19-16(18)14-12-10-8-6-4-3-5-7-9-11-13-15(14)17/h14H,2-13H2,1H3/t14-/m1/s1. The zero-order valence-electron chi connectivity index (χ0n) is 12.3. The molecule has 0 spiro atoms. The Morgan fingerprint density at radius 3 is 2.11 bits per heavy atom. The number of carbonyl (C=O) groups is 2. The van der Waals surface area contributed by atoms with Gasteiger partial charge >= 0.3 is 5.97 Å². The highest BCUT2D eigenvalue weighted by Gasteiger charge is 2.26. The number of hydrogen-bond acceptors (Lipinski definition) is 3. The quantitative estimate of drug-likeness (QED) is 0.561. The number of hydrogen-bond donors (Lipinski definition) is 0. The largest absolute Gasteiger partial charge is 0.465 e. The fraction of sp³-hybridized carbons (Fsp3) is 0.875. The predicted octanol–water partition coefficient (Wildman–Crippen LogP) is 4.04. The zero-order valence-corrected chi connectivity index (χ0v) is 12.3. The lowest BCUT2D eigenvalue weighted by Gasteiger charge is -2.14. The Kier molecular flexibility index (Phi) is 8.52. The first-order valence-corrected chi connectivity index (χ1v) is 7.95. The Bertz CT molecular complexity index is 273.